The minimum Gasteiger partial charge on any atom is -0.228 e. The fourth-order valence-corrected chi connectivity index (χ4v) is 3.30. The number of sulfonamides is 1. The zero-order valence-corrected chi connectivity index (χ0v) is 7.25. The van der Waals surface area contributed by atoms with E-state index >= 15 is 0 Å². The Balaban J connectivity index is 2.56. The van der Waals surface area contributed by atoms with Gasteiger partial charge in [-0.05, 0) is 24.3 Å². The molecule has 1 rings (SSSR count). The van der Waals surface area contributed by atoms with Crippen LogP contribution in [0.2, 0.25) is 0 Å². The maximum atomic E-state index is 10.8. The summed E-state index contributed by atoms with van der Waals surface area (Å²) in [4.78, 5) is 0. The molecule has 2 N–H and O–H groups in total. The van der Waals surface area contributed by atoms with Crippen LogP contribution in [0.5, 0.6) is 0 Å². The second-order valence-electron chi connectivity index (χ2n) is 2.40. The van der Waals surface area contributed by atoms with Crippen LogP contribution in [-0.2, 0) is 10.0 Å². The summed E-state index contributed by atoms with van der Waals surface area (Å²) in [7, 11) is -3.24. The molecule has 0 aromatic heterocycles. The van der Waals surface area contributed by atoms with Gasteiger partial charge in [-0.15, -0.1) is 0 Å². The summed E-state index contributed by atoms with van der Waals surface area (Å²) in [6.45, 7) is 0. The molecule has 1 heterocycles. The lowest BCUT2D eigenvalue weighted by atomic mass is 10.2. The second-order valence-corrected chi connectivity index (χ2v) is 5.47. The summed E-state index contributed by atoms with van der Waals surface area (Å²) in [5.41, 5.74) is 0. The van der Waals surface area contributed by atoms with E-state index in [1.54, 1.807) is 11.8 Å². The number of hydrogen-bond acceptors (Lipinski definition) is 3. The highest BCUT2D eigenvalue weighted by Gasteiger charge is 2.23. The molecular formula is C5H11NO2S2. The van der Waals surface area contributed by atoms with Gasteiger partial charge in [-0.3, -0.25) is 0 Å². The van der Waals surface area contributed by atoms with E-state index < -0.39 is 10.0 Å². The van der Waals surface area contributed by atoms with Crippen LogP contribution in [-0.4, -0.2) is 25.2 Å². The number of thioether (sulfide) groups is 1. The average Bonchev–Trinajstić information content (AvgIpc) is 1.88. The standard InChI is InChI=1S/C5H11NO2S2/c6-10(7,8)5-1-3-9-4-2-5/h5H,1-4H2,(H2,6,7,8). The van der Waals surface area contributed by atoms with Crippen LogP contribution in [0.4, 0.5) is 0 Å². The molecule has 0 aliphatic carbocycles. The van der Waals surface area contributed by atoms with E-state index in [0.717, 1.165) is 24.3 Å². The van der Waals surface area contributed by atoms with E-state index in [2.05, 4.69) is 0 Å². The fraction of sp³-hybridized carbons (Fsp3) is 1.00. The number of rotatable bonds is 1. The van der Waals surface area contributed by atoms with E-state index in [1.807, 2.05) is 0 Å². The van der Waals surface area contributed by atoms with Crippen molar-refractivity contribution < 1.29 is 8.42 Å². The van der Waals surface area contributed by atoms with Gasteiger partial charge < -0.3 is 0 Å². The van der Waals surface area contributed by atoms with Crippen molar-refractivity contribution in [2.75, 3.05) is 11.5 Å². The Kier molecular flexibility index (Phi) is 2.60. The zero-order valence-electron chi connectivity index (χ0n) is 5.62. The van der Waals surface area contributed by atoms with E-state index in [4.69, 9.17) is 5.14 Å². The predicted octanol–water partition coefficient (Wildman–Crippen LogP) is 0.171. The second kappa shape index (κ2) is 3.11. The van der Waals surface area contributed by atoms with Gasteiger partial charge in [0.25, 0.3) is 0 Å². The Labute approximate surface area is 65.4 Å². The van der Waals surface area contributed by atoms with Crippen molar-refractivity contribution in [3.8, 4) is 0 Å². The van der Waals surface area contributed by atoms with Crippen LogP contribution in [0.15, 0.2) is 0 Å². The van der Waals surface area contributed by atoms with Crippen LogP contribution in [0, 0.1) is 0 Å². The quantitative estimate of drug-likeness (QED) is 0.627. The number of nitrogens with two attached hydrogens (primary N) is 1. The van der Waals surface area contributed by atoms with Gasteiger partial charge >= 0.3 is 0 Å². The van der Waals surface area contributed by atoms with Gasteiger partial charge in [0.1, 0.15) is 0 Å². The molecule has 5 heteroatoms. The molecule has 0 aromatic carbocycles. The third kappa shape index (κ3) is 2.14. The molecule has 0 aromatic rings. The van der Waals surface area contributed by atoms with E-state index in [1.165, 1.54) is 0 Å². The molecule has 0 bridgehead atoms. The smallest absolute Gasteiger partial charge is 0.212 e. The first kappa shape index (κ1) is 8.36. The summed E-state index contributed by atoms with van der Waals surface area (Å²) in [5.74, 6) is 1.86. The van der Waals surface area contributed by atoms with Crippen LogP contribution < -0.4 is 5.14 Å². The summed E-state index contributed by atoms with van der Waals surface area (Å²) in [5, 5.41) is 4.70. The lowest BCUT2D eigenvalue weighted by molar-refractivity contribution is 0.572. The van der Waals surface area contributed by atoms with Crippen molar-refractivity contribution in [2.24, 2.45) is 5.14 Å². The van der Waals surface area contributed by atoms with E-state index in [0.29, 0.717) is 0 Å². The Morgan fingerprint density at radius 1 is 1.30 bits per heavy atom. The third-order valence-electron chi connectivity index (χ3n) is 1.63. The largest absolute Gasteiger partial charge is 0.228 e. The summed E-state index contributed by atoms with van der Waals surface area (Å²) in [6, 6.07) is 0. The van der Waals surface area contributed by atoms with Gasteiger partial charge in [0.15, 0.2) is 0 Å². The predicted molar refractivity (Wildman–Crippen MR) is 43.5 cm³/mol. The van der Waals surface area contributed by atoms with Crippen molar-refractivity contribution in [3.05, 3.63) is 0 Å². The van der Waals surface area contributed by atoms with Gasteiger partial charge in [0.2, 0.25) is 10.0 Å². The van der Waals surface area contributed by atoms with Crippen molar-refractivity contribution in [2.45, 2.75) is 18.1 Å². The molecule has 1 aliphatic heterocycles. The summed E-state index contributed by atoms with van der Waals surface area (Å²) in [6.07, 6.45) is 1.45. The van der Waals surface area contributed by atoms with Gasteiger partial charge in [0.05, 0.1) is 5.25 Å². The monoisotopic (exact) mass is 181 g/mol. The van der Waals surface area contributed by atoms with Crippen LogP contribution >= 0.6 is 11.8 Å². The Morgan fingerprint density at radius 3 is 2.10 bits per heavy atom. The zero-order chi connectivity index (χ0) is 7.61. The van der Waals surface area contributed by atoms with E-state index in [9.17, 15) is 8.42 Å². The Morgan fingerprint density at radius 2 is 1.80 bits per heavy atom. The molecule has 0 spiro atoms. The molecular weight excluding hydrogens is 170 g/mol. The molecule has 0 unspecified atom stereocenters. The minimum absolute atomic E-state index is 0.270. The van der Waals surface area contributed by atoms with Gasteiger partial charge in [0, 0.05) is 0 Å². The normalized spacial score (nSPS) is 22.9. The third-order valence-corrected chi connectivity index (χ3v) is 4.08. The van der Waals surface area contributed by atoms with E-state index in [-0.39, 0.29) is 5.25 Å². The van der Waals surface area contributed by atoms with Crippen LogP contribution in [0.3, 0.4) is 0 Å². The average molecular weight is 181 g/mol. The SMILES string of the molecule is NS(=O)(=O)C1CCSCC1. The molecule has 3 nitrogen and oxygen atoms in total. The van der Waals surface area contributed by atoms with Crippen molar-refractivity contribution in [3.63, 3.8) is 0 Å². The van der Waals surface area contributed by atoms with Crippen LogP contribution in [0.1, 0.15) is 12.8 Å². The molecule has 0 amide bonds. The summed E-state index contributed by atoms with van der Waals surface area (Å²) < 4.78 is 21.5. The molecule has 0 atom stereocenters. The molecule has 10 heavy (non-hydrogen) atoms. The highest BCUT2D eigenvalue weighted by molar-refractivity contribution is 7.99. The van der Waals surface area contributed by atoms with Crippen molar-refractivity contribution >= 4 is 21.8 Å². The van der Waals surface area contributed by atoms with Gasteiger partial charge in [-0.1, -0.05) is 0 Å². The first-order chi connectivity index (χ1) is 4.61. The number of hydrogen-bond donors (Lipinski definition) is 1. The maximum Gasteiger partial charge on any atom is 0.212 e. The summed E-state index contributed by atoms with van der Waals surface area (Å²) >= 11 is 1.79. The molecule has 1 saturated heterocycles. The lowest BCUT2D eigenvalue weighted by Crippen LogP contribution is -2.31. The van der Waals surface area contributed by atoms with Gasteiger partial charge in [-0.2, -0.15) is 11.8 Å². The van der Waals surface area contributed by atoms with Crippen molar-refractivity contribution in [1.29, 1.82) is 0 Å². The van der Waals surface area contributed by atoms with Crippen molar-refractivity contribution in [1.82, 2.24) is 0 Å². The highest BCUT2D eigenvalue weighted by Crippen LogP contribution is 2.20. The first-order valence-corrected chi connectivity index (χ1v) is 5.96. The maximum absolute atomic E-state index is 10.8. The number of primary sulfonamides is 1. The molecule has 0 saturated carbocycles. The molecule has 1 aliphatic rings. The minimum atomic E-state index is -3.24. The molecule has 60 valence electrons. The molecule has 0 radical (unpaired) electrons. The fourth-order valence-electron chi connectivity index (χ4n) is 1.00. The topological polar surface area (TPSA) is 60.2 Å². The van der Waals surface area contributed by atoms with Gasteiger partial charge in [-0.25, -0.2) is 13.6 Å². The lowest BCUT2D eigenvalue weighted by Gasteiger charge is -2.18. The molecule has 1 fully saturated rings. The van der Waals surface area contributed by atoms with Crippen LogP contribution in [0.25, 0.3) is 0 Å². The Hall–Kier alpha value is 0.260. The highest BCUT2D eigenvalue weighted by atomic mass is 32.2. The Bertz CT molecular complexity index is 194. The first-order valence-electron chi connectivity index (χ1n) is 3.20.